The fourth-order valence-electron chi connectivity index (χ4n) is 2.84. The molecule has 4 aromatic rings. The van der Waals surface area contributed by atoms with Crippen LogP contribution in [0.25, 0.3) is 22.7 Å². The van der Waals surface area contributed by atoms with Gasteiger partial charge in [-0.1, -0.05) is 24.3 Å². The van der Waals surface area contributed by atoms with Gasteiger partial charge in [0, 0.05) is 23.3 Å². The molecule has 0 spiro atoms. The Bertz CT molecular complexity index is 1270. The van der Waals surface area contributed by atoms with Gasteiger partial charge in [0.05, 0.1) is 11.1 Å². The maximum absolute atomic E-state index is 10.8. The monoisotopic (exact) mass is 405 g/mol. The second kappa shape index (κ2) is 7.64. The number of hydrogen-bond acceptors (Lipinski definition) is 6. The summed E-state index contributed by atoms with van der Waals surface area (Å²) in [5, 5.41) is 22.2. The molecule has 0 saturated carbocycles. The van der Waals surface area contributed by atoms with Crippen LogP contribution in [0.3, 0.4) is 0 Å². The van der Waals surface area contributed by atoms with Crippen molar-refractivity contribution in [1.29, 1.82) is 0 Å². The van der Waals surface area contributed by atoms with Gasteiger partial charge >= 0.3 is 0 Å². The average molecular weight is 405 g/mol. The first kappa shape index (κ1) is 18.5. The maximum Gasteiger partial charge on any atom is 0.269 e. The number of H-pyrrole nitrogens is 1. The van der Waals surface area contributed by atoms with E-state index in [1.807, 2.05) is 31.2 Å². The minimum atomic E-state index is -0.440. The molecule has 2 heterocycles. The van der Waals surface area contributed by atoms with E-state index in [0.29, 0.717) is 22.1 Å². The summed E-state index contributed by atoms with van der Waals surface area (Å²) in [5.41, 5.74) is 2.73. The molecule has 0 aliphatic heterocycles. The molecule has 29 heavy (non-hydrogen) atoms. The van der Waals surface area contributed by atoms with Crippen molar-refractivity contribution in [2.75, 3.05) is 0 Å². The number of nitro groups is 1. The lowest BCUT2D eigenvalue weighted by molar-refractivity contribution is -0.384. The second-order valence-electron chi connectivity index (χ2n) is 6.23. The largest absolute Gasteiger partial charge is 0.455 e. The third kappa shape index (κ3) is 3.76. The van der Waals surface area contributed by atoms with Crippen LogP contribution >= 0.6 is 12.2 Å². The molecule has 0 aliphatic carbocycles. The predicted octanol–water partition coefficient (Wildman–Crippen LogP) is 4.97. The van der Waals surface area contributed by atoms with Gasteiger partial charge in [-0.15, -0.1) is 0 Å². The average Bonchev–Trinajstić information content (AvgIpc) is 3.34. The highest BCUT2D eigenvalue weighted by Crippen LogP contribution is 2.24. The Kier molecular flexibility index (Phi) is 4.88. The Morgan fingerprint density at radius 3 is 2.66 bits per heavy atom. The van der Waals surface area contributed by atoms with E-state index in [1.54, 1.807) is 30.5 Å². The number of nitrogens with one attached hydrogen (secondary N) is 1. The summed E-state index contributed by atoms with van der Waals surface area (Å²) in [7, 11) is 0. The molecule has 0 saturated heterocycles. The zero-order valence-corrected chi connectivity index (χ0v) is 16.1. The standard InChI is InChI=1S/C20H15N5O3S/c1-13-4-2-3-5-17(13)19-22-23-20(29)24(19)21-12-16-10-11-18(28-16)14-6-8-15(9-7-14)25(26)27/h2-12H,1H3,(H,23,29)/b21-12+. The number of non-ortho nitro benzene ring substituents is 1. The van der Waals surface area contributed by atoms with E-state index >= 15 is 0 Å². The number of aryl methyl sites for hydroxylation is 1. The highest BCUT2D eigenvalue weighted by atomic mass is 32.1. The number of furan rings is 1. The van der Waals surface area contributed by atoms with Gasteiger partial charge in [-0.25, -0.2) is 5.10 Å². The molecule has 0 bridgehead atoms. The third-order valence-electron chi connectivity index (χ3n) is 4.33. The van der Waals surface area contributed by atoms with Crippen molar-refractivity contribution in [2.45, 2.75) is 6.92 Å². The zero-order chi connectivity index (χ0) is 20.4. The Balaban J connectivity index is 1.62. The summed E-state index contributed by atoms with van der Waals surface area (Å²) in [5.74, 6) is 1.69. The molecular weight excluding hydrogens is 390 g/mol. The van der Waals surface area contributed by atoms with Crippen LogP contribution < -0.4 is 0 Å². The van der Waals surface area contributed by atoms with Gasteiger partial charge in [0.15, 0.2) is 5.82 Å². The molecule has 144 valence electrons. The molecule has 0 atom stereocenters. The van der Waals surface area contributed by atoms with Crippen molar-refractivity contribution in [3.05, 3.63) is 86.9 Å². The van der Waals surface area contributed by atoms with Crippen LogP contribution in [0.15, 0.2) is 70.2 Å². The molecule has 8 nitrogen and oxygen atoms in total. The number of hydrogen-bond donors (Lipinski definition) is 1. The van der Waals surface area contributed by atoms with Crippen LogP contribution in [-0.2, 0) is 0 Å². The van der Waals surface area contributed by atoms with Crippen molar-refractivity contribution in [1.82, 2.24) is 14.9 Å². The third-order valence-corrected chi connectivity index (χ3v) is 4.59. The van der Waals surface area contributed by atoms with Crippen molar-refractivity contribution in [2.24, 2.45) is 5.10 Å². The molecule has 2 aromatic carbocycles. The van der Waals surface area contributed by atoms with E-state index < -0.39 is 4.92 Å². The molecule has 0 aliphatic rings. The molecule has 0 radical (unpaired) electrons. The fourth-order valence-corrected chi connectivity index (χ4v) is 3.02. The van der Waals surface area contributed by atoms with E-state index in [1.165, 1.54) is 16.8 Å². The van der Waals surface area contributed by atoms with Gasteiger partial charge in [-0.2, -0.15) is 14.9 Å². The number of nitro benzene ring substituents is 1. The van der Waals surface area contributed by atoms with Crippen LogP contribution in [0.4, 0.5) is 5.69 Å². The van der Waals surface area contributed by atoms with Crippen molar-refractivity contribution in [3.8, 4) is 22.7 Å². The maximum atomic E-state index is 10.8. The molecule has 1 N–H and O–H groups in total. The smallest absolute Gasteiger partial charge is 0.269 e. The Hall–Kier alpha value is -3.85. The molecule has 0 fully saturated rings. The lowest BCUT2D eigenvalue weighted by atomic mass is 10.1. The quantitative estimate of drug-likeness (QED) is 0.219. The van der Waals surface area contributed by atoms with E-state index in [-0.39, 0.29) is 5.69 Å². The highest BCUT2D eigenvalue weighted by Gasteiger charge is 2.11. The van der Waals surface area contributed by atoms with Gasteiger partial charge in [-0.05, 0) is 49.0 Å². The van der Waals surface area contributed by atoms with E-state index in [2.05, 4.69) is 15.3 Å². The van der Waals surface area contributed by atoms with Crippen molar-refractivity contribution in [3.63, 3.8) is 0 Å². The summed E-state index contributed by atoms with van der Waals surface area (Å²) >= 11 is 5.29. The molecule has 0 unspecified atom stereocenters. The lowest BCUT2D eigenvalue weighted by Gasteiger charge is -2.03. The Morgan fingerprint density at radius 2 is 1.93 bits per heavy atom. The molecule has 0 amide bonds. The van der Waals surface area contributed by atoms with Crippen LogP contribution in [0.1, 0.15) is 11.3 Å². The topological polar surface area (TPSA) is 102 Å². The van der Waals surface area contributed by atoms with E-state index in [9.17, 15) is 10.1 Å². The minimum absolute atomic E-state index is 0.0279. The van der Waals surface area contributed by atoms with Crippen molar-refractivity contribution < 1.29 is 9.34 Å². The van der Waals surface area contributed by atoms with Gasteiger partial charge in [0.1, 0.15) is 11.5 Å². The molecule has 2 aromatic heterocycles. The Labute approximate surface area is 170 Å². The van der Waals surface area contributed by atoms with Crippen LogP contribution in [0.2, 0.25) is 0 Å². The molecular formula is C20H15N5O3S. The van der Waals surface area contributed by atoms with Gasteiger partial charge in [0.2, 0.25) is 4.77 Å². The fraction of sp³-hybridized carbons (Fsp3) is 0.0500. The first-order valence-corrected chi connectivity index (χ1v) is 9.06. The number of aromatic nitrogens is 3. The SMILES string of the molecule is Cc1ccccc1-c1n[nH]c(=S)n1/N=C/c1ccc(-c2ccc([N+](=O)[O-])cc2)o1. The minimum Gasteiger partial charge on any atom is -0.455 e. The first-order valence-electron chi connectivity index (χ1n) is 8.65. The zero-order valence-electron chi connectivity index (χ0n) is 15.3. The van der Waals surface area contributed by atoms with Crippen LogP contribution in [-0.4, -0.2) is 26.0 Å². The lowest BCUT2D eigenvalue weighted by Crippen LogP contribution is -1.96. The van der Waals surface area contributed by atoms with Gasteiger partial charge in [-0.3, -0.25) is 10.1 Å². The summed E-state index contributed by atoms with van der Waals surface area (Å²) < 4.78 is 7.68. The van der Waals surface area contributed by atoms with Gasteiger partial charge < -0.3 is 4.42 Å². The summed E-state index contributed by atoms with van der Waals surface area (Å²) in [6.07, 6.45) is 1.54. The van der Waals surface area contributed by atoms with Gasteiger partial charge in [0.25, 0.3) is 5.69 Å². The molecule has 4 rings (SSSR count). The normalized spacial score (nSPS) is 11.2. The summed E-state index contributed by atoms with van der Waals surface area (Å²) in [4.78, 5) is 10.3. The summed E-state index contributed by atoms with van der Waals surface area (Å²) in [6, 6.07) is 17.5. The first-order chi connectivity index (χ1) is 14.0. The predicted molar refractivity (Wildman–Crippen MR) is 111 cm³/mol. The number of rotatable bonds is 5. The van der Waals surface area contributed by atoms with Crippen LogP contribution in [0.5, 0.6) is 0 Å². The summed E-state index contributed by atoms with van der Waals surface area (Å²) in [6.45, 7) is 1.99. The van der Waals surface area contributed by atoms with Crippen LogP contribution in [0, 0.1) is 21.8 Å². The van der Waals surface area contributed by atoms with E-state index in [4.69, 9.17) is 16.6 Å². The Morgan fingerprint density at radius 1 is 1.17 bits per heavy atom. The van der Waals surface area contributed by atoms with Crippen molar-refractivity contribution >= 4 is 24.1 Å². The number of aromatic amines is 1. The molecule has 9 heteroatoms. The highest BCUT2D eigenvalue weighted by molar-refractivity contribution is 7.71. The number of benzene rings is 2. The second-order valence-corrected chi connectivity index (χ2v) is 6.62. The number of nitrogens with zero attached hydrogens (tertiary/aromatic N) is 4. The van der Waals surface area contributed by atoms with E-state index in [0.717, 1.165) is 16.7 Å².